The van der Waals surface area contributed by atoms with Gasteiger partial charge in [0.1, 0.15) is 5.01 Å². The summed E-state index contributed by atoms with van der Waals surface area (Å²) < 4.78 is 6.62. The first kappa shape index (κ1) is 13.9. The van der Waals surface area contributed by atoms with Gasteiger partial charge in [-0.3, -0.25) is 4.79 Å². The molecular formula is C11H17N5O2S. The van der Waals surface area contributed by atoms with Gasteiger partial charge in [0, 0.05) is 33.1 Å². The van der Waals surface area contributed by atoms with Crippen LogP contribution in [0.5, 0.6) is 0 Å². The van der Waals surface area contributed by atoms with Gasteiger partial charge in [-0.15, -0.1) is 10.2 Å². The van der Waals surface area contributed by atoms with E-state index >= 15 is 0 Å². The van der Waals surface area contributed by atoms with Gasteiger partial charge in [0.2, 0.25) is 10.9 Å². The first-order valence-electron chi connectivity index (χ1n) is 6.14. The number of hydrogen-bond donors (Lipinski definition) is 1. The fourth-order valence-electron chi connectivity index (χ4n) is 1.61. The number of rotatable bonds is 7. The van der Waals surface area contributed by atoms with E-state index in [1.165, 1.54) is 11.3 Å². The number of nitrogens with zero attached hydrogens (tertiary/aromatic N) is 4. The Morgan fingerprint density at radius 3 is 3.05 bits per heavy atom. The Bertz CT molecular complexity index is 550. The van der Waals surface area contributed by atoms with E-state index in [4.69, 9.17) is 4.74 Å². The van der Waals surface area contributed by atoms with Crippen LogP contribution < -0.4 is 5.32 Å². The lowest BCUT2D eigenvalue weighted by Crippen LogP contribution is -2.25. The predicted octanol–water partition coefficient (Wildman–Crippen LogP) is 0.580. The molecule has 104 valence electrons. The summed E-state index contributed by atoms with van der Waals surface area (Å²) in [5.74, 6) is 0.806. The van der Waals surface area contributed by atoms with Crippen molar-refractivity contribution in [3.63, 3.8) is 0 Å². The van der Waals surface area contributed by atoms with Crippen LogP contribution >= 0.6 is 11.3 Å². The highest BCUT2D eigenvalue weighted by Crippen LogP contribution is 2.14. The molecule has 0 saturated heterocycles. The molecule has 2 rings (SSSR count). The minimum Gasteiger partial charge on any atom is -0.385 e. The molecule has 0 aromatic carbocycles. The van der Waals surface area contributed by atoms with Crippen LogP contribution in [-0.2, 0) is 16.0 Å². The maximum absolute atomic E-state index is 11.6. The fourth-order valence-corrected chi connectivity index (χ4v) is 2.49. The normalized spacial score (nSPS) is 11.1. The zero-order valence-corrected chi connectivity index (χ0v) is 11.9. The monoisotopic (exact) mass is 283 g/mol. The number of nitrogens with one attached hydrogen (secondary N) is 1. The number of ether oxygens (including phenoxy) is 1. The number of hydrogen-bond acceptors (Lipinski definition) is 6. The van der Waals surface area contributed by atoms with Gasteiger partial charge in [0.25, 0.3) is 0 Å². The highest BCUT2D eigenvalue weighted by Gasteiger charge is 2.10. The first-order chi connectivity index (χ1) is 9.20. The fraction of sp³-hybridized carbons (Fsp3) is 0.636. The van der Waals surface area contributed by atoms with Gasteiger partial charge in [-0.25, -0.2) is 0 Å². The number of methoxy groups -OCH3 is 1. The van der Waals surface area contributed by atoms with Gasteiger partial charge in [-0.2, -0.15) is 9.61 Å². The molecule has 0 bridgehead atoms. The zero-order chi connectivity index (χ0) is 13.7. The number of aromatic nitrogens is 4. The molecule has 0 saturated carbocycles. The number of carbonyl (C=O) groups excluding carboxylic acids is 1. The molecule has 0 aliphatic carbocycles. The summed E-state index contributed by atoms with van der Waals surface area (Å²) in [6, 6.07) is 0. The lowest BCUT2D eigenvalue weighted by molar-refractivity contribution is -0.121. The summed E-state index contributed by atoms with van der Waals surface area (Å²) in [5.41, 5.74) is 0. The van der Waals surface area contributed by atoms with Crippen molar-refractivity contribution >= 4 is 22.2 Å². The van der Waals surface area contributed by atoms with Gasteiger partial charge < -0.3 is 10.1 Å². The van der Waals surface area contributed by atoms with Crippen LogP contribution in [0.15, 0.2) is 0 Å². The Kier molecular flexibility index (Phi) is 4.80. The maximum atomic E-state index is 11.6. The van der Waals surface area contributed by atoms with Crippen molar-refractivity contribution in [3.8, 4) is 0 Å². The van der Waals surface area contributed by atoms with Crippen molar-refractivity contribution in [1.82, 2.24) is 25.1 Å². The quantitative estimate of drug-likeness (QED) is 0.752. The lowest BCUT2D eigenvalue weighted by atomic mass is 10.3. The average Bonchev–Trinajstić information content (AvgIpc) is 2.95. The van der Waals surface area contributed by atoms with Crippen molar-refractivity contribution in [3.05, 3.63) is 10.8 Å². The smallest absolute Gasteiger partial charge is 0.234 e. The largest absolute Gasteiger partial charge is 0.385 e. The van der Waals surface area contributed by atoms with Gasteiger partial charge in [0.15, 0.2) is 5.82 Å². The van der Waals surface area contributed by atoms with E-state index in [0.717, 1.165) is 22.2 Å². The molecule has 2 heterocycles. The van der Waals surface area contributed by atoms with Crippen LogP contribution in [0.4, 0.5) is 0 Å². The number of fused-ring (bicyclic) bond motifs is 1. The van der Waals surface area contributed by atoms with Crippen molar-refractivity contribution in [1.29, 1.82) is 0 Å². The van der Waals surface area contributed by atoms with E-state index in [0.29, 0.717) is 26.0 Å². The van der Waals surface area contributed by atoms with E-state index < -0.39 is 0 Å². The Labute approximate surface area is 115 Å². The number of carbonyl (C=O) groups is 1. The topological polar surface area (TPSA) is 81.4 Å². The second-order valence-electron chi connectivity index (χ2n) is 4.13. The molecule has 2 aromatic heterocycles. The van der Waals surface area contributed by atoms with Gasteiger partial charge in [0.05, 0.1) is 0 Å². The molecule has 0 aliphatic heterocycles. The molecule has 0 unspecified atom stereocenters. The second kappa shape index (κ2) is 6.58. The van der Waals surface area contributed by atoms with Crippen LogP contribution in [0.2, 0.25) is 0 Å². The van der Waals surface area contributed by atoms with Gasteiger partial charge >= 0.3 is 0 Å². The minimum absolute atomic E-state index is 0.0405. The molecule has 2 aromatic rings. The molecule has 0 atom stereocenters. The van der Waals surface area contributed by atoms with Gasteiger partial charge in [-0.1, -0.05) is 11.3 Å². The van der Waals surface area contributed by atoms with E-state index in [-0.39, 0.29) is 5.91 Å². The number of amides is 1. The Balaban J connectivity index is 1.76. The SMILES string of the molecule is COCCCNC(=O)CCc1nn2c(C)nnc2s1. The summed E-state index contributed by atoms with van der Waals surface area (Å²) in [5, 5.41) is 16.0. The van der Waals surface area contributed by atoms with Crippen molar-refractivity contribution in [2.75, 3.05) is 20.3 Å². The number of aryl methyl sites for hydroxylation is 2. The Morgan fingerprint density at radius 2 is 2.32 bits per heavy atom. The molecule has 8 heteroatoms. The molecule has 0 fully saturated rings. The standard InChI is InChI=1S/C11H17N5O2S/c1-8-13-14-11-16(8)15-10(19-11)5-4-9(17)12-6-3-7-18-2/h3-7H2,1-2H3,(H,12,17). The third-order valence-electron chi connectivity index (χ3n) is 2.60. The summed E-state index contributed by atoms with van der Waals surface area (Å²) in [6.07, 6.45) is 1.90. The maximum Gasteiger partial charge on any atom is 0.234 e. The summed E-state index contributed by atoms with van der Waals surface area (Å²) in [6.45, 7) is 3.17. The van der Waals surface area contributed by atoms with Crippen molar-refractivity contribution < 1.29 is 9.53 Å². The molecular weight excluding hydrogens is 266 g/mol. The van der Waals surface area contributed by atoms with Crippen LogP contribution in [0.25, 0.3) is 4.96 Å². The summed E-state index contributed by atoms with van der Waals surface area (Å²) in [4.78, 5) is 12.4. The van der Waals surface area contributed by atoms with E-state index in [9.17, 15) is 4.79 Å². The van der Waals surface area contributed by atoms with Crippen LogP contribution in [-0.4, -0.2) is 46.0 Å². The first-order valence-corrected chi connectivity index (χ1v) is 6.95. The minimum atomic E-state index is 0.0405. The molecule has 7 nitrogen and oxygen atoms in total. The van der Waals surface area contributed by atoms with Crippen molar-refractivity contribution in [2.45, 2.75) is 26.2 Å². The van der Waals surface area contributed by atoms with Crippen LogP contribution in [0, 0.1) is 6.92 Å². The molecule has 1 N–H and O–H groups in total. The van der Waals surface area contributed by atoms with Crippen LogP contribution in [0.1, 0.15) is 23.7 Å². The van der Waals surface area contributed by atoms with E-state index in [2.05, 4.69) is 20.6 Å². The highest BCUT2D eigenvalue weighted by atomic mass is 32.1. The molecule has 1 amide bonds. The Hall–Kier alpha value is -1.54. The highest BCUT2D eigenvalue weighted by molar-refractivity contribution is 7.16. The van der Waals surface area contributed by atoms with Gasteiger partial charge in [-0.05, 0) is 13.3 Å². The summed E-state index contributed by atoms with van der Waals surface area (Å²) >= 11 is 1.47. The van der Waals surface area contributed by atoms with E-state index in [1.54, 1.807) is 11.6 Å². The third kappa shape index (κ3) is 3.71. The zero-order valence-electron chi connectivity index (χ0n) is 11.0. The average molecular weight is 283 g/mol. The third-order valence-corrected chi connectivity index (χ3v) is 3.56. The second-order valence-corrected chi connectivity index (χ2v) is 5.17. The predicted molar refractivity (Wildman–Crippen MR) is 71.2 cm³/mol. The molecule has 0 spiro atoms. The van der Waals surface area contributed by atoms with Crippen LogP contribution in [0.3, 0.4) is 0 Å². The summed E-state index contributed by atoms with van der Waals surface area (Å²) in [7, 11) is 1.65. The molecule has 0 radical (unpaired) electrons. The van der Waals surface area contributed by atoms with E-state index in [1.807, 2.05) is 6.92 Å². The molecule has 0 aliphatic rings. The molecule has 19 heavy (non-hydrogen) atoms. The van der Waals surface area contributed by atoms with Crippen molar-refractivity contribution in [2.24, 2.45) is 0 Å². The lowest BCUT2D eigenvalue weighted by Gasteiger charge is -2.03. The Morgan fingerprint density at radius 1 is 1.47 bits per heavy atom.